The molecule has 88 valence electrons. The summed E-state index contributed by atoms with van der Waals surface area (Å²) < 4.78 is 7.47. The zero-order valence-corrected chi connectivity index (χ0v) is 13.9. The fourth-order valence-corrected chi connectivity index (χ4v) is 2.88. The van der Waals surface area contributed by atoms with E-state index in [9.17, 15) is 0 Å². The van der Waals surface area contributed by atoms with Gasteiger partial charge in [-0.1, -0.05) is 27.6 Å². The molecule has 0 amide bonds. The molecule has 1 rings (SSSR count). The number of halogens is 3. The van der Waals surface area contributed by atoms with E-state index in [0.717, 1.165) is 25.6 Å². The van der Waals surface area contributed by atoms with Crippen molar-refractivity contribution in [2.24, 2.45) is 0 Å². The van der Waals surface area contributed by atoms with Crippen LogP contribution in [0.3, 0.4) is 0 Å². The molecule has 0 atom stereocenters. The van der Waals surface area contributed by atoms with Crippen molar-refractivity contribution < 1.29 is 4.74 Å². The van der Waals surface area contributed by atoms with E-state index >= 15 is 0 Å². The molecule has 0 fully saturated rings. The van der Waals surface area contributed by atoms with Gasteiger partial charge < -0.3 is 4.74 Å². The molecule has 0 saturated carbocycles. The molecule has 0 bridgehead atoms. The average molecular weight is 413 g/mol. The Kier molecular flexibility index (Phi) is 6.08. The Morgan fingerprint density at radius 1 is 1.31 bits per heavy atom. The Morgan fingerprint density at radius 3 is 2.31 bits per heavy atom. The van der Waals surface area contributed by atoms with Gasteiger partial charge in [0.15, 0.2) is 0 Å². The first kappa shape index (κ1) is 14.3. The second kappa shape index (κ2) is 6.82. The van der Waals surface area contributed by atoms with Crippen LogP contribution in [0.4, 0.5) is 0 Å². The Balaban J connectivity index is 3.09. The Labute approximate surface area is 122 Å². The summed E-state index contributed by atoms with van der Waals surface area (Å²) >= 11 is 10.5. The summed E-state index contributed by atoms with van der Waals surface area (Å²) in [5.74, 6) is 0.858. The van der Waals surface area contributed by atoms with E-state index < -0.39 is 0 Å². The molecule has 0 N–H and O–H groups in total. The lowest BCUT2D eigenvalue weighted by molar-refractivity contribution is 0.336. The Bertz CT molecular complexity index is 376. The second-order valence-corrected chi connectivity index (χ2v) is 5.64. The van der Waals surface area contributed by atoms with Crippen LogP contribution in [0.2, 0.25) is 0 Å². The van der Waals surface area contributed by atoms with Crippen molar-refractivity contribution in [1.29, 1.82) is 0 Å². The first-order chi connectivity index (χ1) is 7.58. The molecular formula is C12H13Br3O. The molecule has 0 radical (unpaired) electrons. The van der Waals surface area contributed by atoms with E-state index in [1.54, 1.807) is 0 Å². The third kappa shape index (κ3) is 3.90. The molecule has 0 aliphatic rings. The van der Waals surface area contributed by atoms with E-state index in [1.807, 2.05) is 6.92 Å². The average Bonchev–Trinajstić information content (AvgIpc) is 2.23. The third-order valence-electron chi connectivity index (χ3n) is 1.93. The highest BCUT2D eigenvalue weighted by molar-refractivity contribution is 9.11. The van der Waals surface area contributed by atoms with Gasteiger partial charge >= 0.3 is 0 Å². The van der Waals surface area contributed by atoms with Crippen molar-refractivity contribution >= 4 is 53.9 Å². The first-order valence-corrected chi connectivity index (χ1v) is 7.64. The topological polar surface area (TPSA) is 9.23 Å². The van der Waals surface area contributed by atoms with Crippen molar-refractivity contribution in [3.63, 3.8) is 0 Å². The molecule has 0 saturated heterocycles. The third-order valence-corrected chi connectivity index (χ3v) is 4.00. The number of allylic oxidation sites excluding steroid dienone is 1. The SMILES string of the molecule is CCOc1c(Br)cc(C=C(C)CBr)cc1Br. The molecule has 16 heavy (non-hydrogen) atoms. The van der Waals surface area contributed by atoms with Crippen molar-refractivity contribution in [3.05, 3.63) is 32.2 Å². The highest BCUT2D eigenvalue weighted by Crippen LogP contribution is 2.35. The Morgan fingerprint density at radius 2 is 1.88 bits per heavy atom. The lowest BCUT2D eigenvalue weighted by Gasteiger charge is -2.09. The van der Waals surface area contributed by atoms with Gasteiger partial charge in [0.1, 0.15) is 5.75 Å². The lowest BCUT2D eigenvalue weighted by atomic mass is 10.1. The predicted octanol–water partition coefficient (Wildman–Crippen LogP) is 5.41. The molecule has 0 aromatic heterocycles. The maximum absolute atomic E-state index is 5.53. The lowest BCUT2D eigenvalue weighted by Crippen LogP contribution is -1.94. The molecule has 0 heterocycles. The van der Waals surface area contributed by atoms with Gasteiger partial charge in [0.2, 0.25) is 0 Å². The number of alkyl halides is 1. The van der Waals surface area contributed by atoms with Crippen LogP contribution in [0.15, 0.2) is 26.7 Å². The van der Waals surface area contributed by atoms with Gasteiger partial charge in [-0.25, -0.2) is 0 Å². The summed E-state index contributed by atoms with van der Waals surface area (Å²) in [5.41, 5.74) is 2.43. The van der Waals surface area contributed by atoms with Crippen LogP contribution in [0.25, 0.3) is 6.08 Å². The molecule has 0 aliphatic carbocycles. The number of hydrogen-bond acceptors (Lipinski definition) is 1. The zero-order chi connectivity index (χ0) is 12.1. The largest absolute Gasteiger partial charge is 0.492 e. The van der Waals surface area contributed by atoms with Crippen LogP contribution in [0, 0.1) is 0 Å². The summed E-state index contributed by atoms with van der Waals surface area (Å²) in [6.45, 7) is 4.72. The fourth-order valence-electron chi connectivity index (χ4n) is 1.27. The molecule has 1 nitrogen and oxygen atoms in total. The van der Waals surface area contributed by atoms with Crippen molar-refractivity contribution in [1.82, 2.24) is 0 Å². The van der Waals surface area contributed by atoms with Gasteiger partial charge in [0.05, 0.1) is 15.6 Å². The summed E-state index contributed by atoms with van der Waals surface area (Å²) in [5, 5.41) is 0.884. The maximum Gasteiger partial charge on any atom is 0.147 e. The van der Waals surface area contributed by atoms with E-state index in [1.165, 1.54) is 5.57 Å². The van der Waals surface area contributed by atoms with Crippen LogP contribution in [-0.4, -0.2) is 11.9 Å². The summed E-state index contributed by atoms with van der Waals surface area (Å²) in [7, 11) is 0. The zero-order valence-electron chi connectivity index (χ0n) is 9.19. The minimum atomic E-state index is 0.660. The smallest absolute Gasteiger partial charge is 0.147 e. The maximum atomic E-state index is 5.53. The van der Waals surface area contributed by atoms with Gasteiger partial charge in [-0.15, -0.1) is 0 Å². The first-order valence-electron chi connectivity index (χ1n) is 4.93. The highest BCUT2D eigenvalue weighted by atomic mass is 79.9. The van der Waals surface area contributed by atoms with Crippen LogP contribution in [-0.2, 0) is 0 Å². The standard InChI is InChI=1S/C12H13Br3O/c1-3-16-12-10(14)5-9(6-11(12)15)4-8(2)7-13/h4-6H,3,7H2,1-2H3. The fraction of sp³-hybridized carbons (Fsp3) is 0.333. The van der Waals surface area contributed by atoms with Crippen LogP contribution < -0.4 is 4.74 Å². The molecule has 0 unspecified atom stereocenters. The number of hydrogen-bond donors (Lipinski definition) is 0. The summed E-state index contributed by atoms with van der Waals surface area (Å²) in [4.78, 5) is 0. The van der Waals surface area contributed by atoms with Crippen LogP contribution >= 0.6 is 47.8 Å². The van der Waals surface area contributed by atoms with Crippen molar-refractivity contribution in [2.45, 2.75) is 13.8 Å². The van der Waals surface area contributed by atoms with Crippen molar-refractivity contribution in [2.75, 3.05) is 11.9 Å². The predicted molar refractivity (Wildman–Crippen MR) is 80.5 cm³/mol. The van der Waals surface area contributed by atoms with Gasteiger partial charge in [-0.2, -0.15) is 0 Å². The molecule has 0 aliphatic heterocycles. The number of ether oxygens (including phenoxy) is 1. The van der Waals surface area contributed by atoms with Crippen LogP contribution in [0.5, 0.6) is 5.75 Å². The highest BCUT2D eigenvalue weighted by Gasteiger charge is 2.07. The van der Waals surface area contributed by atoms with Crippen LogP contribution in [0.1, 0.15) is 19.4 Å². The summed E-state index contributed by atoms with van der Waals surface area (Å²) in [6.07, 6.45) is 2.14. The van der Waals surface area contributed by atoms with E-state index in [-0.39, 0.29) is 0 Å². The van der Waals surface area contributed by atoms with E-state index in [2.05, 4.69) is 72.9 Å². The van der Waals surface area contributed by atoms with Crippen molar-refractivity contribution in [3.8, 4) is 5.75 Å². The number of rotatable bonds is 4. The molecule has 1 aromatic carbocycles. The minimum Gasteiger partial charge on any atom is -0.492 e. The quantitative estimate of drug-likeness (QED) is 0.601. The normalized spacial score (nSPS) is 11.7. The van der Waals surface area contributed by atoms with E-state index in [0.29, 0.717) is 6.61 Å². The summed E-state index contributed by atoms with van der Waals surface area (Å²) in [6, 6.07) is 4.11. The van der Waals surface area contributed by atoms with E-state index in [4.69, 9.17) is 4.74 Å². The molecule has 1 aromatic rings. The molecule has 0 spiro atoms. The number of benzene rings is 1. The monoisotopic (exact) mass is 410 g/mol. The minimum absolute atomic E-state index is 0.660. The van der Waals surface area contributed by atoms with Gasteiger partial charge in [-0.3, -0.25) is 0 Å². The molecular weight excluding hydrogens is 400 g/mol. The van der Waals surface area contributed by atoms with Gasteiger partial charge in [0, 0.05) is 5.33 Å². The second-order valence-electron chi connectivity index (χ2n) is 3.37. The Hall–Kier alpha value is 0.200. The molecule has 4 heteroatoms. The van der Waals surface area contributed by atoms with Gasteiger partial charge in [0.25, 0.3) is 0 Å². The van der Waals surface area contributed by atoms with Gasteiger partial charge in [-0.05, 0) is 63.4 Å².